The second-order valence-electron chi connectivity index (χ2n) is 4.04. The minimum atomic E-state index is -4.58. The van der Waals surface area contributed by atoms with E-state index < -0.39 is 17.6 Å². The molecule has 0 spiro atoms. The van der Waals surface area contributed by atoms with E-state index in [1.54, 1.807) is 24.3 Å². The van der Waals surface area contributed by atoms with Gasteiger partial charge in [0, 0.05) is 21.8 Å². The van der Waals surface area contributed by atoms with Crippen LogP contribution in [0.5, 0.6) is 0 Å². The van der Waals surface area contributed by atoms with Gasteiger partial charge in [-0.05, 0) is 18.2 Å². The molecule has 92 valence electrons. The average molecular weight is 253 g/mol. The van der Waals surface area contributed by atoms with E-state index in [2.05, 4.69) is 4.98 Å². The molecule has 3 aromatic rings. The molecule has 0 fully saturated rings. The minimum absolute atomic E-state index is 0.0134. The second-order valence-corrected chi connectivity index (χ2v) is 4.04. The van der Waals surface area contributed by atoms with E-state index in [1.807, 2.05) is 0 Å². The fourth-order valence-corrected chi connectivity index (χ4v) is 2.17. The normalized spacial score (nSPS) is 12.4. The van der Waals surface area contributed by atoms with Crippen LogP contribution in [0.3, 0.4) is 0 Å². The standard InChI is InChI=1S/C13H7F4N/c14-7-5-9(13(15,16)17)12-8-3-1-2-4-10(8)18-11(12)6-7/h1-6,18H. The number of halogens is 4. The summed E-state index contributed by atoms with van der Waals surface area (Å²) in [5.74, 6) is -0.901. The largest absolute Gasteiger partial charge is 0.417 e. The lowest BCUT2D eigenvalue weighted by Crippen LogP contribution is -2.06. The van der Waals surface area contributed by atoms with Gasteiger partial charge in [-0.15, -0.1) is 0 Å². The maximum absolute atomic E-state index is 13.2. The second kappa shape index (κ2) is 3.48. The van der Waals surface area contributed by atoms with Crippen LogP contribution in [0.4, 0.5) is 17.6 Å². The Kier molecular flexibility index (Phi) is 2.14. The average Bonchev–Trinajstić information content (AvgIpc) is 2.64. The SMILES string of the molecule is Fc1cc(C(F)(F)F)c2c(c1)[nH]c1ccccc12. The van der Waals surface area contributed by atoms with Crippen LogP contribution in [0.2, 0.25) is 0 Å². The molecule has 0 bridgehead atoms. The lowest BCUT2D eigenvalue weighted by Gasteiger charge is -2.08. The third-order valence-corrected chi connectivity index (χ3v) is 2.87. The number of rotatable bonds is 0. The first-order chi connectivity index (χ1) is 8.47. The van der Waals surface area contributed by atoms with Gasteiger partial charge in [-0.3, -0.25) is 0 Å². The molecule has 0 aliphatic heterocycles. The number of benzene rings is 2. The van der Waals surface area contributed by atoms with E-state index in [4.69, 9.17) is 0 Å². The van der Waals surface area contributed by atoms with Crippen molar-refractivity contribution in [2.75, 3.05) is 0 Å². The van der Waals surface area contributed by atoms with E-state index in [-0.39, 0.29) is 10.9 Å². The van der Waals surface area contributed by atoms with Gasteiger partial charge in [0.1, 0.15) is 5.82 Å². The summed E-state index contributed by atoms with van der Waals surface area (Å²) in [6, 6.07) is 8.21. The first kappa shape index (κ1) is 11.1. The highest BCUT2D eigenvalue weighted by Crippen LogP contribution is 2.38. The zero-order valence-electron chi connectivity index (χ0n) is 8.98. The summed E-state index contributed by atoms with van der Waals surface area (Å²) >= 11 is 0. The van der Waals surface area contributed by atoms with Crippen molar-refractivity contribution < 1.29 is 17.6 Å². The highest BCUT2D eigenvalue weighted by molar-refractivity contribution is 6.09. The third kappa shape index (κ3) is 1.54. The Morgan fingerprint density at radius 1 is 0.944 bits per heavy atom. The molecule has 0 atom stereocenters. The Labute approximate surface area is 99.0 Å². The van der Waals surface area contributed by atoms with Gasteiger partial charge in [-0.1, -0.05) is 18.2 Å². The Balaban J connectivity index is 2.54. The third-order valence-electron chi connectivity index (χ3n) is 2.87. The topological polar surface area (TPSA) is 15.8 Å². The Morgan fingerprint density at radius 3 is 2.39 bits per heavy atom. The molecule has 0 saturated carbocycles. The van der Waals surface area contributed by atoms with Crippen molar-refractivity contribution in [2.24, 2.45) is 0 Å². The molecule has 0 unspecified atom stereocenters. The number of H-pyrrole nitrogens is 1. The van der Waals surface area contributed by atoms with Crippen molar-refractivity contribution in [3.05, 3.63) is 47.8 Å². The molecule has 0 amide bonds. The molecular formula is C13H7F4N. The van der Waals surface area contributed by atoms with Crippen molar-refractivity contribution in [3.63, 3.8) is 0 Å². The predicted molar refractivity (Wildman–Crippen MR) is 60.8 cm³/mol. The number of hydrogen-bond acceptors (Lipinski definition) is 0. The first-order valence-corrected chi connectivity index (χ1v) is 5.24. The molecule has 1 N–H and O–H groups in total. The number of nitrogens with one attached hydrogen (secondary N) is 1. The number of hydrogen-bond donors (Lipinski definition) is 1. The van der Waals surface area contributed by atoms with E-state index in [9.17, 15) is 17.6 Å². The molecule has 1 aromatic heterocycles. The van der Waals surface area contributed by atoms with E-state index in [0.717, 1.165) is 6.07 Å². The highest BCUT2D eigenvalue weighted by Gasteiger charge is 2.34. The van der Waals surface area contributed by atoms with E-state index in [0.29, 0.717) is 17.0 Å². The van der Waals surface area contributed by atoms with E-state index >= 15 is 0 Å². The van der Waals surface area contributed by atoms with Crippen molar-refractivity contribution in [2.45, 2.75) is 6.18 Å². The predicted octanol–water partition coefficient (Wildman–Crippen LogP) is 4.48. The summed E-state index contributed by atoms with van der Waals surface area (Å²) in [7, 11) is 0. The van der Waals surface area contributed by atoms with Gasteiger partial charge in [-0.25, -0.2) is 4.39 Å². The lowest BCUT2D eigenvalue weighted by atomic mass is 10.1. The van der Waals surface area contributed by atoms with Gasteiger partial charge in [0.05, 0.1) is 5.56 Å². The van der Waals surface area contributed by atoms with Crippen molar-refractivity contribution in [3.8, 4) is 0 Å². The summed E-state index contributed by atoms with van der Waals surface area (Å²) < 4.78 is 52.0. The number of alkyl halides is 3. The molecule has 1 nitrogen and oxygen atoms in total. The van der Waals surface area contributed by atoms with Gasteiger partial charge in [0.2, 0.25) is 0 Å². The minimum Gasteiger partial charge on any atom is -0.354 e. The van der Waals surface area contributed by atoms with Gasteiger partial charge >= 0.3 is 6.18 Å². The van der Waals surface area contributed by atoms with Gasteiger partial charge < -0.3 is 4.98 Å². The zero-order valence-corrected chi connectivity index (χ0v) is 8.98. The molecular weight excluding hydrogens is 246 g/mol. The summed E-state index contributed by atoms with van der Waals surface area (Å²) in [5, 5.41) is 0.458. The zero-order chi connectivity index (χ0) is 12.9. The van der Waals surface area contributed by atoms with Crippen LogP contribution in [-0.2, 0) is 6.18 Å². The summed E-state index contributed by atoms with van der Waals surface area (Å²) in [5.41, 5.74) is -0.234. The van der Waals surface area contributed by atoms with Crippen LogP contribution < -0.4 is 0 Å². The quantitative estimate of drug-likeness (QED) is 0.568. The lowest BCUT2D eigenvalue weighted by molar-refractivity contribution is -0.136. The summed E-state index contributed by atoms with van der Waals surface area (Å²) in [4.78, 5) is 2.79. The van der Waals surface area contributed by atoms with Crippen LogP contribution in [-0.4, -0.2) is 4.98 Å². The van der Waals surface area contributed by atoms with Crippen LogP contribution in [0.15, 0.2) is 36.4 Å². The maximum atomic E-state index is 13.2. The molecule has 2 aromatic carbocycles. The first-order valence-electron chi connectivity index (χ1n) is 5.24. The molecule has 0 radical (unpaired) electrons. The van der Waals surface area contributed by atoms with E-state index in [1.165, 1.54) is 0 Å². The molecule has 0 aliphatic rings. The Hall–Kier alpha value is -2.04. The fraction of sp³-hybridized carbons (Fsp3) is 0.0769. The highest BCUT2D eigenvalue weighted by atomic mass is 19.4. The van der Waals surface area contributed by atoms with Crippen LogP contribution in [0.1, 0.15) is 5.56 Å². The Bertz CT molecular complexity index is 740. The number of fused-ring (bicyclic) bond motifs is 3. The van der Waals surface area contributed by atoms with Crippen LogP contribution in [0.25, 0.3) is 21.8 Å². The summed E-state index contributed by atoms with van der Waals surface area (Å²) in [6.45, 7) is 0. The van der Waals surface area contributed by atoms with Crippen LogP contribution >= 0.6 is 0 Å². The van der Waals surface area contributed by atoms with Crippen molar-refractivity contribution >= 4 is 21.8 Å². The molecule has 18 heavy (non-hydrogen) atoms. The molecule has 5 heteroatoms. The van der Waals surface area contributed by atoms with Crippen LogP contribution in [0, 0.1) is 5.82 Å². The molecule has 1 heterocycles. The summed E-state index contributed by atoms with van der Waals surface area (Å²) in [6.07, 6.45) is -4.58. The van der Waals surface area contributed by atoms with Gasteiger partial charge in [0.15, 0.2) is 0 Å². The molecule has 3 rings (SSSR count). The van der Waals surface area contributed by atoms with Crippen molar-refractivity contribution in [1.82, 2.24) is 4.98 Å². The number of para-hydroxylation sites is 1. The Morgan fingerprint density at radius 2 is 1.67 bits per heavy atom. The van der Waals surface area contributed by atoms with Crippen molar-refractivity contribution in [1.29, 1.82) is 0 Å². The molecule has 0 aliphatic carbocycles. The maximum Gasteiger partial charge on any atom is 0.417 e. The number of aromatic nitrogens is 1. The fourth-order valence-electron chi connectivity index (χ4n) is 2.17. The molecule has 0 saturated heterocycles. The monoisotopic (exact) mass is 253 g/mol. The van der Waals surface area contributed by atoms with Gasteiger partial charge in [0.25, 0.3) is 0 Å². The van der Waals surface area contributed by atoms with Gasteiger partial charge in [-0.2, -0.15) is 13.2 Å². The smallest absolute Gasteiger partial charge is 0.354 e. The number of aromatic amines is 1.